The molecule has 1 heterocycles. The van der Waals surface area contributed by atoms with E-state index in [1.54, 1.807) is 0 Å². The molecule has 2 aliphatic rings. The summed E-state index contributed by atoms with van der Waals surface area (Å²) in [6.07, 6.45) is 6.58. The van der Waals surface area contributed by atoms with Crippen molar-refractivity contribution in [2.24, 2.45) is 10.1 Å². The van der Waals surface area contributed by atoms with Crippen molar-refractivity contribution in [2.45, 2.75) is 64.8 Å². The second-order valence-electron chi connectivity index (χ2n) is 8.52. The fourth-order valence-electron chi connectivity index (χ4n) is 3.98. The highest BCUT2D eigenvalue weighted by molar-refractivity contribution is 6.23. The van der Waals surface area contributed by atoms with Crippen LogP contribution >= 0.6 is 11.6 Å². The zero-order chi connectivity index (χ0) is 21.9. The van der Waals surface area contributed by atoms with Gasteiger partial charge in [-0.1, -0.05) is 61.1 Å². The fourth-order valence-corrected chi connectivity index (χ4v) is 4.46. The quantitative estimate of drug-likeness (QED) is 0.626. The molecule has 0 aromatic heterocycles. The second kappa shape index (κ2) is 9.22. The van der Waals surface area contributed by atoms with E-state index in [0.29, 0.717) is 13.1 Å². The van der Waals surface area contributed by atoms with Gasteiger partial charge in [0.15, 0.2) is 0 Å². The van der Waals surface area contributed by atoms with E-state index in [1.807, 2.05) is 0 Å². The number of hydrogen-bond donors (Lipinski definition) is 1. The van der Waals surface area contributed by atoms with E-state index >= 15 is 0 Å². The van der Waals surface area contributed by atoms with Gasteiger partial charge in [0.25, 0.3) is 0 Å². The average molecular weight is 425 g/mol. The van der Waals surface area contributed by atoms with Crippen LogP contribution in [0.1, 0.15) is 51.7 Å². The van der Waals surface area contributed by atoms with Crippen LogP contribution in [0.15, 0.2) is 69.9 Å². The summed E-state index contributed by atoms with van der Waals surface area (Å²) in [5, 5.41) is 10.4. The predicted octanol–water partition coefficient (Wildman–Crippen LogP) is 5.74. The Hall–Kier alpha value is -2.33. The van der Waals surface area contributed by atoms with E-state index < -0.39 is 5.54 Å². The topological polar surface area (TPSA) is 40.0 Å². The highest BCUT2D eigenvalue weighted by Crippen LogP contribution is 2.37. The molecule has 0 bridgehead atoms. The van der Waals surface area contributed by atoms with Crippen molar-refractivity contribution in [3.63, 3.8) is 0 Å². The first-order valence-corrected chi connectivity index (χ1v) is 11.0. The molecular formula is C25H33ClN4. The van der Waals surface area contributed by atoms with Crippen molar-refractivity contribution in [3.05, 3.63) is 71.0 Å². The van der Waals surface area contributed by atoms with Crippen LogP contribution in [0.4, 0.5) is 0 Å². The van der Waals surface area contributed by atoms with Gasteiger partial charge in [-0.2, -0.15) is 5.10 Å². The minimum Gasteiger partial charge on any atom is -0.347 e. The lowest BCUT2D eigenvalue weighted by Gasteiger charge is -2.44. The molecule has 0 spiro atoms. The van der Waals surface area contributed by atoms with Crippen LogP contribution in [0.5, 0.6) is 0 Å². The number of hydrazone groups is 1. The summed E-state index contributed by atoms with van der Waals surface area (Å²) in [7, 11) is 0. The van der Waals surface area contributed by atoms with Gasteiger partial charge in [0.1, 0.15) is 12.5 Å². The van der Waals surface area contributed by atoms with Gasteiger partial charge in [-0.15, -0.1) is 11.6 Å². The Morgan fingerprint density at radius 3 is 2.73 bits per heavy atom. The highest BCUT2D eigenvalue weighted by atomic mass is 35.5. The lowest BCUT2D eigenvalue weighted by atomic mass is 9.82. The van der Waals surface area contributed by atoms with Crippen molar-refractivity contribution in [1.29, 1.82) is 0 Å². The molecule has 1 aromatic rings. The van der Waals surface area contributed by atoms with Crippen molar-refractivity contribution < 1.29 is 0 Å². The molecule has 30 heavy (non-hydrogen) atoms. The summed E-state index contributed by atoms with van der Waals surface area (Å²) in [5.41, 5.74) is 6.41. The average Bonchev–Trinajstić information content (AvgIpc) is 2.75. The van der Waals surface area contributed by atoms with Crippen molar-refractivity contribution >= 4 is 23.1 Å². The number of aryl methyl sites for hydroxylation is 1. The molecule has 0 fully saturated rings. The van der Waals surface area contributed by atoms with Gasteiger partial charge in [-0.3, -0.25) is 5.01 Å². The van der Waals surface area contributed by atoms with Gasteiger partial charge >= 0.3 is 0 Å². The zero-order valence-corrected chi connectivity index (χ0v) is 19.6. The number of amidine groups is 1. The van der Waals surface area contributed by atoms with Crippen molar-refractivity contribution in [3.8, 4) is 0 Å². The third-order valence-corrected chi connectivity index (χ3v) is 6.53. The van der Waals surface area contributed by atoms with Gasteiger partial charge in [-0.25, -0.2) is 4.99 Å². The first-order chi connectivity index (χ1) is 14.2. The molecule has 1 N–H and O–H groups in total. The maximum atomic E-state index is 6.88. The molecule has 160 valence electrons. The van der Waals surface area contributed by atoms with Crippen LogP contribution in [-0.2, 0) is 6.42 Å². The summed E-state index contributed by atoms with van der Waals surface area (Å²) in [4.78, 5) is 4.93. The van der Waals surface area contributed by atoms with Gasteiger partial charge in [0.05, 0.1) is 10.9 Å². The molecule has 1 aliphatic carbocycles. The number of nitrogens with zero attached hydrogens (tertiary/aromatic N) is 3. The smallest absolute Gasteiger partial charge is 0.129 e. The molecule has 0 radical (unpaired) electrons. The first kappa shape index (κ1) is 22.4. The molecule has 0 saturated carbocycles. The lowest BCUT2D eigenvalue weighted by Crippen LogP contribution is -2.52. The van der Waals surface area contributed by atoms with E-state index in [2.05, 4.69) is 87.9 Å². The summed E-state index contributed by atoms with van der Waals surface area (Å²) in [5.74, 6) is 0.905. The second-order valence-corrected chi connectivity index (χ2v) is 8.99. The number of allylic oxidation sites excluding steroid dienone is 3. The lowest BCUT2D eigenvalue weighted by molar-refractivity contribution is 0.148. The molecule has 5 heteroatoms. The predicted molar refractivity (Wildman–Crippen MR) is 129 cm³/mol. The van der Waals surface area contributed by atoms with Crippen LogP contribution in [-0.4, -0.2) is 34.1 Å². The summed E-state index contributed by atoms with van der Waals surface area (Å²) >= 11 is 6.88. The van der Waals surface area contributed by atoms with Crippen molar-refractivity contribution in [1.82, 2.24) is 10.3 Å². The molecule has 2 atom stereocenters. The SMILES string of the molecule is C=C1C/C(CC)=N\N(C2(C)C(C)=CC(C)=CC2Cl)C/N=C(/Cc2cccc(C)c2)N1. The number of alkyl halides is 1. The largest absolute Gasteiger partial charge is 0.347 e. The minimum atomic E-state index is -0.439. The molecule has 1 aliphatic heterocycles. The highest BCUT2D eigenvalue weighted by Gasteiger charge is 2.41. The van der Waals surface area contributed by atoms with Crippen molar-refractivity contribution in [2.75, 3.05) is 6.67 Å². The van der Waals surface area contributed by atoms with Crippen LogP contribution < -0.4 is 5.32 Å². The van der Waals surface area contributed by atoms with Crippen LogP contribution in [0.2, 0.25) is 0 Å². The minimum absolute atomic E-state index is 0.184. The molecule has 4 nitrogen and oxygen atoms in total. The maximum absolute atomic E-state index is 6.88. The Morgan fingerprint density at radius 1 is 1.30 bits per heavy atom. The van der Waals surface area contributed by atoms with E-state index in [-0.39, 0.29) is 5.38 Å². The molecule has 0 saturated heterocycles. The van der Waals surface area contributed by atoms with Gasteiger partial charge in [0, 0.05) is 24.3 Å². The van der Waals surface area contributed by atoms with Gasteiger partial charge in [0.2, 0.25) is 0 Å². The number of benzene rings is 1. The molecule has 2 unspecified atom stereocenters. The Kier molecular flexibility index (Phi) is 6.87. The standard InChI is InChI=1S/C25H33ClN4/c1-7-22-14-20(5)28-24(15-21-10-8-9-17(2)12-21)27-16-30(29-22)25(6)19(4)11-18(3)13-23(25)26/h8-13,23H,5,7,14-16H2,1-4,6H3,(H,27,28)/b29-22-. The third kappa shape index (κ3) is 4.86. The number of hydrogen-bond acceptors (Lipinski definition) is 4. The van der Waals surface area contributed by atoms with Crippen LogP contribution in [0.25, 0.3) is 0 Å². The van der Waals surface area contributed by atoms with E-state index in [1.165, 1.54) is 22.3 Å². The van der Waals surface area contributed by atoms with E-state index in [9.17, 15) is 0 Å². The fraction of sp³-hybridized carbons (Fsp3) is 0.440. The normalized spacial score (nSPS) is 28.7. The monoisotopic (exact) mass is 424 g/mol. The molecule has 3 rings (SSSR count). The number of aliphatic imine (C=N–C) groups is 1. The first-order valence-electron chi connectivity index (χ1n) is 10.6. The third-order valence-electron chi connectivity index (χ3n) is 5.98. The number of nitrogens with one attached hydrogen (secondary N) is 1. The number of rotatable bonds is 4. The Morgan fingerprint density at radius 2 is 2.07 bits per heavy atom. The summed E-state index contributed by atoms with van der Waals surface area (Å²) in [6.45, 7) is 15.3. The molecule has 1 aromatic carbocycles. The van der Waals surface area contributed by atoms with Gasteiger partial charge < -0.3 is 5.32 Å². The van der Waals surface area contributed by atoms with E-state index in [0.717, 1.165) is 30.1 Å². The Labute approximate surface area is 186 Å². The van der Waals surface area contributed by atoms with Gasteiger partial charge in [-0.05, 0) is 45.3 Å². The summed E-state index contributed by atoms with van der Waals surface area (Å²) in [6, 6.07) is 8.53. The maximum Gasteiger partial charge on any atom is 0.129 e. The molecule has 0 amide bonds. The van der Waals surface area contributed by atoms with Crippen LogP contribution in [0.3, 0.4) is 0 Å². The number of halogens is 1. The Bertz CT molecular complexity index is 940. The zero-order valence-electron chi connectivity index (χ0n) is 18.8. The van der Waals surface area contributed by atoms with E-state index in [4.69, 9.17) is 21.7 Å². The molecular weight excluding hydrogens is 392 g/mol. The summed E-state index contributed by atoms with van der Waals surface area (Å²) < 4.78 is 0. The van der Waals surface area contributed by atoms with Crippen LogP contribution in [0, 0.1) is 6.92 Å². The Balaban J connectivity index is 1.97.